The van der Waals surface area contributed by atoms with E-state index in [-0.39, 0.29) is 11.8 Å². The van der Waals surface area contributed by atoms with E-state index in [0.717, 1.165) is 5.56 Å². The number of nitrogens with one attached hydrogen (secondary N) is 2. The van der Waals surface area contributed by atoms with Crippen LogP contribution in [0.25, 0.3) is 0 Å². The molecule has 0 spiro atoms. The molecule has 150 valence electrons. The molecule has 4 N–H and O–H groups in total. The van der Waals surface area contributed by atoms with Crippen molar-refractivity contribution in [1.82, 2.24) is 10.7 Å². The van der Waals surface area contributed by atoms with Crippen molar-refractivity contribution in [2.75, 3.05) is 20.2 Å². The lowest BCUT2D eigenvalue weighted by atomic mass is 9.89. The number of hydrogen-bond donors (Lipinski definition) is 3. The van der Waals surface area contributed by atoms with Crippen LogP contribution in [0.15, 0.2) is 29.4 Å². The molecule has 0 bridgehead atoms. The van der Waals surface area contributed by atoms with Gasteiger partial charge in [-0.1, -0.05) is 26.0 Å². The Morgan fingerprint density at radius 3 is 2.33 bits per heavy atom. The van der Waals surface area contributed by atoms with E-state index in [1.54, 1.807) is 25.4 Å². The Morgan fingerprint density at radius 2 is 1.78 bits per heavy atom. The third-order valence-electron chi connectivity index (χ3n) is 4.42. The molecule has 1 aromatic rings. The Hall–Kier alpha value is -2.41. The maximum Gasteiger partial charge on any atom is 0.251 e. The van der Waals surface area contributed by atoms with Gasteiger partial charge >= 0.3 is 0 Å². The van der Waals surface area contributed by atoms with Crippen LogP contribution in [0.4, 0.5) is 0 Å². The number of carbonyl (C=O) groups excluding carboxylic acids is 2. The van der Waals surface area contributed by atoms with Crippen LogP contribution in [0.1, 0.15) is 56.5 Å². The highest BCUT2D eigenvalue weighted by atomic mass is 16.5. The number of rotatable bonds is 11. The minimum atomic E-state index is -0.589. The summed E-state index contributed by atoms with van der Waals surface area (Å²) in [6.45, 7) is 8.47. The van der Waals surface area contributed by atoms with Gasteiger partial charge in [-0.05, 0) is 44.4 Å². The molecule has 0 unspecified atom stereocenters. The third kappa shape index (κ3) is 8.21. The van der Waals surface area contributed by atoms with Crippen LogP contribution >= 0.6 is 0 Å². The van der Waals surface area contributed by atoms with Crippen molar-refractivity contribution in [1.29, 1.82) is 0 Å². The molecule has 2 amide bonds. The van der Waals surface area contributed by atoms with Gasteiger partial charge in [0.25, 0.3) is 5.91 Å². The molecular formula is C20H32N4O3. The summed E-state index contributed by atoms with van der Waals surface area (Å²) in [5, 5.41) is 6.83. The molecule has 0 radical (unpaired) electrons. The van der Waals surface area contributed by atoms with Crippen molar-refractivity contribution >= 4 is 18.0 Å². The van der Waals surface area contributed by atoms with Gasteiger partial charge in [0.15, 0.2) is 0 Å². The lowest BCUT2D eigenvalue weighted by Crippen LogP contribution is -2.36. The van der Waals surface area contributed by atoms with E-state index in [1.807, 2.05) is 39.8 Å². The number of hydrazone groups is 1. The van der Waals surface area contributed by atoms with E-state index in [1.165, 1.54) is 0 Å². The fourth-order valence-corrected chi connectivity index (χ4v) is 2.22. The predicted molar refractivity (Wildman–Crippen MR) is 108 cm³/mol. The molecule has 0 saturated heterocycles. The second-order valence-electron chi connectivity index (χ2n) is 7.72. The molecule has 0 aliphatic heterocycles. The molecule has 0 saturated carbocycles. The van der Waals surface area contributed by atoms with Gasteiger partial charge in [-0.15, -0.1) is 0 Å². The number of benzene rings is 1. The molecular weight excluding hydrogens is 344 g/mol. The largest absolute Gasteiger partial charge is 0.375 e. The van der Waals surface area contributed by atoms with Crippen molar-refractivity contribution < 1.29 is 14.3 Å². The lowest BCUT2D eigenvalue weighted by molar-refractivity contribution is -0.128. The van der Waals surface area contributed by atoms with Crippen LogP contribution in [0, 0.1) is 5.41 Å². The highest BCUT2D eigenvalue weighted by Gasteiger charge is 2.26. The molecule has 0 fully saturated rings. The van der Waals surface area contributed by atoms with Gasteiger partial charge in [0.2, 0.25) is 5.91 Å². The minimum Gasteiger partial charge on any atom is -0.375 e. The van der Waals surface area contributed by atoms with Gasteiger partial charge in [0.1, 0.15) is 0 Å². The third-order valence-corrected chi connectivity index (χ3v) is 4.42. The molecule has 0 atom stereocenters. The number of nitrogens with two attached hydrogens (primary N) is 1. The summed E-state index contributed by atoms with van der Waals surface area (Å²) in [5.74, 6) is -0.461. The highest BCUT2D eigenvalue weighted by Crippen LogP contribution is 2.22. The maximum absolute atomic E-state index is 12.2. The first kappa shape index (κ1) is 22.6. The summed E-state index contributed by atoms with van der Waals surface area (Å²) in [6, 6.07) is 7.20. The Kier molecular flexibility index (Phi) is 8.43. The zero-order chi connectivity index (χ0) is 20.5. The van der Waals surface area contributed by atoms with E-state index >= 15 is 0 Å². The molecule has 0 aromatic heterocycles. The van der Waals surface area contributed by atoms with E-state index < -0.39 is 11.0 Å². The van der Waals surface area contributed by atoms with E-state index in [4.69, 9.17) is 10.5 Å². The average molecular weight is 377 g/mol. The zero-order valence-corrected chi connectivity index (χ0v) is 17.0. The van der Waals surface area contributed by atoms with Gasteiger partial charge in [-0.25, -0.2) is 0 Å². The van der Waals surface area contributed by atoms with Gasteiger partial charge in [-0.2, -0.15) is 5.10 Å². The Bertz CT molecular complexity index is 652. The van der Waals surface area contributed by atoms with Gasteiger partial charge in [-0.3, -0.25) is 9.59 Å². The van der Waals surface area contributed by atoms with E-state index in [9.17, 15) is 9.59 Å². The summed E-state index contributed by atoms with van der Waals surface area (Å²) in [6.07, 6.45) is 2.89. The molecule has 0 heterocycles. The molecule has 7 nitrogen and oxygen atoms in total. The Morgan fingerprint density at radius 1 is 1.15 bits per heavy atom. The summed E-state index contributed by atoms with van der Waals surface area (Å²) in [7, 11) is 1.72. The van der Waals surface area contributed by atoms with Crippen molar-refractivity contribution in [2.24, 2.45) is 16.3 Å². The van der Waals surface area contributed by atoms with Crippen LogP contribution in [-0.2, 0) is 9.53 Å². The first-order valence-corrected chi connectivity index (χ1v) is 9.09. The number of primary amides is 1. The summed E-state index contributed by atoms with van der Waals surface area (Å²) >= 11 is 0. The Labute approximate surface area is 161 Å². The highest BCUT2D eigenvalue weighted by molar-refractivity contribution is 5.95. The topological polar surface area (TPSA) is 106 Å². The molecule has 1 aromatic carbocycles. The fourth-order valence-electron chi connectivity index (χ4n) is 2.22. The van der Waals surface area contributed by atoms with Crippen LogP contribution in [0.5, 0.6) is 0 Å². The molecule has 27 heavy (non-hydrogen) atoms. The summed E-state index contributed by atoms with van der Waals surface area (Å²) in [5.41, 5.74) is 8.56. The predicted octanol–water partition coefficient (Wildman–Crippen LogP) is 2.06. The van der Waals surface area contributed by atoms with Crippen LogP contribution in [0.2, 0.25) is 0 Å². The van der Waals surface area contributed by atoms with Crippen molar-refractivity contribution in [2.45, 2.75) is 46.1 Å². The monoisotopic (exact) mass is 376 g/mol. The number of ether oxygens (including phenoxy) is 1. The standard InChI is InChI=1S/C20H32N4O3/c1-19(2,18(21)26)11-13-27-20(3,4)10-12-23-17(25)16-8-6-15(7-9-16)14-24-22-5/h6-9,14,22H,10-13H2,1-5H3,(H2,21,26)(H,23,25)/b24-14+. The zero-order valence-electron chi connectivity index (χ0n) is 17.0. The second kappa shape index (κ2) is 10.1. The smallest absolute Gasteiger partial charge is 0.251 e. The molecule has 0 aliphatic rings. The van der Waals surface area contributed by atoms with Gasteiger partial charge in [0, 0.05) is 31.2 Å². The SMILES string of the molecule is CN/N=C/c1ccc(C(=O)NCCC(C)(C)OCCC(C)(C)C(N)=O)cc1. The molecule has 0 aliphatic carbocycles. The van der Waals surface area contributed by atoms with Crippen molar-refractivity contribution in [3.63, 3.8) is 0 Å². The average Bonchev–Trinajstić information content (AvgIpc) is 2.59. The van der Waals surface area contributed by atoms with Gasteiger partial charge < -0.3 is 21.2 Å². The summed E-state index contributed by atoms with van der Waals surface area (Å²) < 4.78 is 5.88. The number of amides is 2. The van der Waals surface area contributed by atoms with Crippen molar-refractivity contribution in [3.8, 4) is 0 Å². The minimum absolute atomic E-state index is 0.127. The van der Waals surface area contributed by atoms with E-state index in [0.29, 0.717) is 31.6 Å². The second-order valence-corrected chi connectivity index (χ2v) is 7.72. The fraction of sp³-hybridized carbons (Fsp3) is 0.550. The van der Waals surface area contributed by atoms with Crippen molar-refractivity contribution in [3.05, 3.63) is 35.4 Å². The van der Waals surface area contributed by atoms with E-state index in [2.05, 4.69) is 15.8 Å². The molecule has 1 rings (SSSR count). The first-order chi connectivity index (χ1) is 12.6. The number of carbonyl (C=O) groups is 2. The normalized spacial score (nSPS) is 12.2. The van der Waals surface area contributed by atoms with Crippen LogP contribution < -0.4 is 16.5 Å². The maximum atomic E-state index is 12.2. The van der Waals surface area contributed by atoms with Gasteiger partial charge in [0.05, 0.1) is 11.8 Å². The molecule has 7 heteroatoms. The lowest BCUT2D eigenvalue weighted by Gasteiger charge is -2.28. The Balaban J connectivity index is 2.41. The number of nitrogens with zero attached hydrogens (tertiary/aromatic N) is 1. The van der Waals surface area contributed by atoms with Crippen LogP contribution in [-0.4, -0.2) is 43.8 Å². The van der Waals surface area contributed by atoms with Crippen LogP contribution in [0.3, 0.4) is 0 Å². The number of hydrogen-bond acceptors (Lipinski definition) is 5. The first-order valence-electron chi connectivity index (χ1n) is 9.09. The quantitative estimate of drug-likeness (QED) is 0.406. The summed E-state index contributed by atoms with van der Waals surface area (Å²) in [4.78, 5) is 23.6.